The number of piperidine rings is 1. The topological polar surface area (TPSA) is 72.3 Å². The van der Waals surface area contributed by atoms with Crippen LogP contribution in [0.3, 0.4) is 0 Å². The number of hydrogen-bond donors (Lipinski definition) is 1. The van der Waals surface area contributed by atoms with E-state index >= 15 is 0 Å². The number of aromatic nitrogens is 3. The molecule has 0 bridgehead atoms. The van der Waals surface area contributed by atoms with Gasteiger partial charge in [0.05, 0.1) is 19.5 Å². The van der Waals surface area contributed by atoms with Gasteiger partial charge in [-0.25, -0.2) is 4.98 Å². The van der Waals surface area contributed by atoms with Crippen molar-refractivity contribution < 1.29 is 9.53 Å². The molecule has 1 N–H and O–H groups in total. The van der Waals surface area contributed by atoms with Crippen LogP contribution in [0.25, 0.3) is 0 Å². The van der Waals surface area contributed by atoms with E-state index in [2.05, 4.69) is 20.3 Å². The third kappa shape index (κ3) is 4.55. The van der Waals surface area contributed by atoms with E-state index in [9.17, 15) is 4.79 Å². The lowest BCUT2D eigenvalue weighted by atomic mass is 9.98. The van der Waals surface area contributed by atoms with Crippen molar-refractivity contribution in [3.63, 3.8) is 0 Å². The fourth-order valence-electron chi connectivity index (χ4n) is 3.07. The number of methoxy groups -OCH3 is 1. The molecule has 0 aromatic carbocycles. The Morgan fingerprint density at radius 2 is 2.38 bits per heavy atom. The first-order chi connectivity index (χ1) is 11.6. The molecule has 2 aromatic heterocycles. The number of amides is 1. The Morgan fingerprint density at radius 1 is 1.50 bits per heavy atom. The van der Waals surface area contributed by atoms with Crippen molar-refractivity contribution in [3.05, 3.63) is 23.5 Å². The molecule has 1 amide bonds. The first-order valence-electron chi connectivity index (χ1n) is 8.13. The number of carbonyl (C=O) groups is 1. The monoisotopic (exact) mass is 349 g/mol. The van der Waals surface area contributed by atoms with Crippen molar-refractivity contribution in [2.75, 3.05) is 25.5 Å². The van der Waals surface area contributed by atoms with Crippen LogP contribution < -0.4 is 10.1 Å². The Labute approximate surface area is 145 Å². The minimum absolute atomic E-state index is 0.0800. The highest BCUT2D eigenvalue weighted by Gasteiger charge is 2.21. The maximum atomic E-state index is 11.1. The van der Waals surface area contributed by atoms with Gasteiger partial charge in [0.15, 0.2) is 10.9 Å². The molecule has 24 heavy (non-hydrogen) atoms. The van der Waals surface area contributed by atoms with Crippen LogP contribution in [0.5, 0.6) is 5.75 Å². The Kier molecular flexibility index (Phi) is 5.47. The predicted molar refractivity (Wildman–Crippen MR) is 93.2 cm³/mol. The zero-order valence-electron chi connectivity index (χ0n) is 14.1. The van der Waals surface area contributed by atoms with Crippen molar-refractivity contribution in [1.82, 2.24) is 19.7 Å². The molecular weight excluding hydrogens is 326 g/mol. The first-order valence-corrected chi connectivity index (χ1v) is 8.95. The van der Waals surface area contributed by atoms with Crippen LogP contribution >= 0.6 is 11.3 Å². The maximum Gasteiger partial charge on any atom is 0.223 e. The number of anilines is 1. The number of likely N-dealkylation sites (tertiary alicyclic amines) is 1. The molecule has 1 aliphatic heterocycles. The average Bonchev–Trinajstić information content (AvgIpc) is 3.16. The van der Waals surface area contributed by atoms with Gasteiger partial charge in [0, 0.05) is 37.6 Å². The average molecular weight is 349 g/mol. The van der Waals surface area contributed by atoms with Crippen molar-refractivity contribution in [2.24, 2.45) is 5.92 Å². The summed E-state index contributed by atoms with van der Waals surface area (Å²) in [5.41, 5.74) is 0. The van der Waals surface area contributed by atoms with Crippen molar-refractivity contribution >= 4 is 22.4 Å². The third-order valence-corrected chi connectivity index (χ3v) is 5.01. The molecule has 1 fully saturated rings. The van der Waals surface area contributed by atoms with E-state index in [1.165, 1.54) is 24.6 Å². The van der Waals surface area contributed by atoms with E-state index < -0.39 is 0 Å². The molecule has 130 valence electrons. The molecular formula is C16H23N5O2S. The highest BCUT2D eigenvalue weighted by atomic mass is 32.1. The molecule has 0 spiro atoms. The van der Waals surface area contributed by atoms with Gasteiger partial charge in [0.25, 0.3) is 0 Å². The van der Waals surface area contributed by atoms with Crippen molar-refractivity contribution in [2.45, 2.75) is 32.9 Å². The number of hydrogen-bond acceptors (Lipinski definition) is 6. The summed E-state index contributed by atoms with van der Waals surface area (Å²) in [4.78, 5) is 19.0. The van der Waals surface area contributed by atoms with Gasteiger partial charge >= 0.3 is 0 Å². The van der Waals surface area contributed by atoms with Crippen LogP contribution in [-0.4, -0.2) is 45.8 Å². The van der Waals surface area contributed by atoms with Gasteiger partial charge in [0.1, 0.15) is 0 Å². The number of nitrogens with zero attached hydrogens (tertiary/aromatic N) is 4. The van der Waals surface area contributed by atoms with Crippen LogP contribution in [-0.2, 0) is 17.9 Å². The molecule has 3 heterocycles. The molecule has 0 radical (unpaired) electrons. The number of nitrogens with one attached hydrogen (secondary N) is 1. The van der Waals surface area contributed by atoms with E-state index in [4.69, 9.17) is 4.74 Å². The molecule has 1 aliphatic rings. The lowest BCUT2D eigenvalue weighted by Gasteiger charge is -2.32. The van der Waals surface area contributed by atoms with E-state index in [0.717, 1.165) is 31.9 Å². The summed E-state index contributed by atoms with van der Waals surface area (Å²) < 4.78 is 7.15. The number of carbonyl (C=O) groups excluding carboxylic acids is 1. The van der Waals surface area contributed by atoms with Gasteiger partial charge in [0.2, 0.25) is 5.91 Å². The second kappa shape index (κ2) is 7.76. The molecule has 1 unspecified atom stereocenters. The first kappa shape index (κ1) is 16.9. The van der Waals surface area contributed by atoms with Crippen LogP contribution in [0, 0.1) is 5.92 Å². The summed E-state index contributed by atoms with van der Waals surface area (Å²) >= 11 is 1.55. The largest absolute Gasteiger partial charge is 0.493 e. The van der Waals surface area contributed by atoms with Crippen molar-refractivity contribution in [3.8, 4) is 5.75 Å². The zero-order valence-corrected chi connectivity index (χ0v) is 14.9. The maximum absolute atomic E-state index is 11.1. The zero-order chi connectivity index (χ0) is 16.9. The summed E-state index contributed by atoms with van der Waals surface area (Å²) in [7, 11) is 1.66. The Hall–Kier alpha value is -1.93. The van der Waals surface area contributed by atoms with E-state index in [-0.39, 0.29) is 5.91 Å². The minimum atomic E-state index is -0.0800. The van der Waals surface area contributed by atoms with Crippen LogP contribution in [0.1, 0.15) is 24.6 Å². The molecule has 3 rings (SSSR count). The normalized spacial score (nSPS) is 18.5. The van der Waals surface area contributed by atoms with Crippen LogP contribution in [0.2, 0.25) is 0 Å². The van der Waals surface area contributed by atoms with E-state index in [1.807, 2.05) is 17.1 Å². The number of thiazole rings is 1. The quantitative estimate of drug-likeness (QED) is 0.866. The highest BCUT2D eigenvalue weighted by molar-refractivity contribution is 7.15. The lowest BCUT2D eigenvalue weighted by molar-refractivity contribution is -0.114. The van der Waals surface area contributed by atoms with Gasteiger partial charge in [-0.2, -0.15) is 5.10 Å². The fraction of sp³-hybridized carbons (Fsp3) is 0.562. The number of ether oxygens (including phenoxy) is 1. The van der Waals surface area contributed by atoms with Crippen LogP contribution in [0.15, 0.2) is 18.6 Å². The van der Waals surface area contributed by atoms with Crippen LogP contribution in [0.4, 0.5) is 5.13 Å². The minimum Gasteiger partial charge on any atom is -0.493 e. The molecule has 7 nitrogen and oxygen atoms in total. The predicted octanol–water partition coefficient (Wildman–Crippen LogP) is 2.22. The van der Waals surface area contributed by atoms with E-state index in [1.54, 1.807) is 24.6 Å². The van der Waals surface area contributed by atoms with E-state index in [0.29, 0.717) is 11.0 Å². The van der Waals surface area contributed by atoms with Gasteiger partial charge in [-0.05, 0) is 25.3 Å². The second-order valence-electron chi connectivity index (χ2n) is 6.16. The molecule has 0 saturated carbocycles. The van der Waals surface area contributed by atoms with Gasteiger partial charge < -0.3 is 10.1 Å². The third-order valence-electron chi connectivity index (χ3n) is 4.11. The Balaban J connectivity index is 1.53. The van der Waals surface area contributed by atoms with Gasteiger partial charge in [-0.1, -0.05) is 0 Å². The van der Waals surface area contributed by atoms with Gasteiger partial charge in [-0.15, -0.1) is 11.3 Å². The molecule has 2 aromatic rings. The fourth-order valence-corrected chi connectivity index (χ4v) is 3.97. The lowest BCUT2D eigenvalue weighted by Crippen LogP contribution is -2.36. The number of rotatable bonds is 6. The molecule has 1 atom stereocenters. The van der Waals surface area contributed by atoms with Crippen molar-refractivity contribution in [1.29, 1.82) is 0 Å². The Bertz CT molecular complexity index is 684. The SMILES string of the molecule is COc1cnn(CC2CCCN(Cc3cnc(NC(C)=O)s3)C2)c1. The summed E-state index contributed by atoms with van der Waals surface area (Å²) in [5.74, 6) is 1.31. The highest BCUT2D eigenvalue weighted by Crippen LogP contribution is 2.24. The summed E-state index contributed by atoms with van der Waals surface area (Å²) in [6.45, 7) is 5.46. The Morgan fingerprint density at radius 3 is 3.12 bits per heavy atom. The molecule has 0 aliphatic carbocycles. The smallest absolute Gasteiger partial charge is 0.223 e. The standard InChI is InChI=1S/C16H23N5O2S/c1-12(22)19-16-17-7-15(24-16)11-20-5-3-4-13(8-20)9-21-10-14(23-2)6-18-21/h6-7,10,13H,3-5,8-9,11H2,1-2H3,(H,17,19,22). The second-order valence-corrected chi connectivity index (χ2v) is 7.27. The molecule has 8 heteroatoms. The molecule has 1 saturated heterocycles. The summed E-state index contributed by atoms with van der Waals surface area (Å²) in [5, 5.41) is 7.76. The van der Waals surface area contributed by atoms with Gasteiger partial charge in [-0.3, -0.25) is 14.4 Å². The summed E-state index contributed by atoms with van der Waals surface area (Å²) in [6.07, 6.45) is 7.97. The summed E-state index contributed by atoms with van der Waals surface area (Å²) in [6, 6.07) is 0.